The number of aliphatic hydroxyl groups excluding tert-OH is 1. The van der Waals surface area contributed by atoms with Crippen molar-refractivity contribution in [2.45, 2.75) is 31.5 Å². The Morgan fingerprint density at radius 1 is 1.64 bits per heavy atom. The lowest BCUT2D eigenvalue weighted by Crippen LogP contribution is -2.25. The first-order valence-corrected chi connectivity index (χ1v) is 3.85. The van der Waals surface area contributed by atoms with E-state index in [1.54, 1.807) is 6.08 Å². The minimum atomic E-state index is -0.289. The van der Waals surface area contributed by atoms with E-state index in [1.807, 2.05) is 0 Å². The van der Waals surface area contributed by atoms with E-state index < -0.39 is 0 Å². The molecule has 0 saturated heterocycles. The summed E-state index contributed by atoms with van der Waals surface area (Å²) in [4.78, 5) is 10.7. The van der Waals surface area contributed by atoms with Gasteiger partial charge in [0.2, 0.25) is 0 Å². The molecule has 0 spiro atoms. The lowest BCUT2D eigenvalue weighted by molar-refractivity contribution is -0.140. The Labute approximate surface area is 64.7 Å². The fourth-order valence-corrected chi connectivity index (χ4v) is 1.63. The topological polar surface area (TPSA) is 46.5 Å². The molecule has 0 unspecified atom stereocenters. The summed E-state index contributed by atoms with van der Waals surface area (Å²) in [6.45, 7) is 0. The number of ether oxygens (including phenoxy) is 1. The van der Waals surface area contributed by atoms with E-state index in [1.165, 1.54) is 0 Å². The molecule has 1 heterocycles. The van der Waals surface area contributed by atoms with Gasteiger partial charge in [0.15, 0.2) is 0 Å². The van der Waals surface area contributed by atoms with Crippen molar-refractivity contribution in [2.24, 2.45) is 0 Å². The first-order chi connectivity index (χ1) is 5.25. The summed E-state index contributed by atoms with van der Waals surface area (Å²) in [7, 11) is 0. The zero-order valence-electron chi connectivity index (χ0n) is 6.12. The van der Waals surface area contributed by atoms with Gasteiger partial charge in [0, 0.05) is 12.5 Å². The molecule has 0 amide bonds. The summed E-state index contributed by atoms with van der Waals surface area (Å²) < 4.78 is 4.94. The van der Waals surface area contributed by atoms with E-state index in [-0.39, 0.29) is 18.2 Å². The molecule has 60 valence electrons. The van der Waals surface area contributed by atoms with Crippen molar-refractivity contribution in [1.82, 2.24) is 0 Å². The number of hydrogen-bond donors (Lipinski definition) is 1. The monoisotopic (exact) mass is 154 g/mol. The van der Waals surface area contributed by atoms with E-state index >= 15 is 0 Å². The van der Waals surface area contributed by atoms with E-state index in [0.717, 1.165) is 18.4 Å². The molecule has 11 heavy (non-hydrogen) atoms. The average Bonchev–Trinajstić information content (AvgIpc) is 2.27. The fraction of sp³-hybridized carbons (Fsp3) is 0.625. The zero-order valence-corrected chi connectivity index (χ0v) is 6.12. The van der Waals surface area contributed by atoms with Gasteiger partial charge in [0.1, 0.15) is 6.10 Å². The van der Waals surface area contributed by atoms with Crippen LogP contribution in [-0.4, -0.2) is 23.3 Å². The Balaban J connectivity index is 2.13. The van der Waals surface area contributed by atoms with Crippen molar-refractivity contribution in [1.29, 1.82) is 0 Å². The molecule has 2 atom stereocenters. The average molecular weight is 154 g/mol. The van der Waals surface area contributed by atoms with Crippen LogP contribution in [0.25, 0.3) is 0 Å². The Morgan fingerprint density at radius 2 is 2.45 bits per heavy atom. The highest BCUT2D eigenvalue weighted by atomic mass is 16.5. The van der Waals surface area contributed by atoms with Crippen molar-refractivity contribution in [3.05, 3.63) is 11.6 Å². The second-order valence-corrected chi connectivity index (χ2v) is 3.07. The van der Waals surface area contributed by atoms with Crippen LogP contribution in [0.3, 0.4) is 0 Å². The molecule has 0 radical (unpaired) electrons. The van der Waals surface area contributed by atoms with Gasteiger partial charge in [-0.1, -0.05) is 0 Å². The van der Waals surface area contributed by atoms with Crippen LogP contribution in [0.2, 0.25) is 0 Å². The number of aliphatic hydroxyl groups is 1. The molecule has 1 aliphatic heterocycles. The summed E-state index contributed by atoms with van der Waals surface area (Å²) in [5, 5.41) is 9.22. The molecular weight excluding hydrogens is 144 g/mol. The van der Waals surface area contributed by atoms with Crippen LogP contribution in [0.5, 0.6) is 0 Å². The predicted molar refractivity (Wildman–Crippen MR) is 37.8 cm³/mol. The molecular formula is C8H10O3. The lowest BCUT2D eigenvalue weighted by atomic mass is 9.91. The van der Waals surface area contributed by atoms with Crippen LogP contribution >= 0.6 is 0 Å². The lowest BCUT2D eigenvalue weighted by Gasteiger charge is -2.23. The van der Waals surface area contributed by atoms with Crippen molar-refractivity contribution in [2.75, 3.05) is 0 Å². The van der Waals surface area contributed by atoms with Crippen LogP contribution < -0.4 is 0 Å². The van der Waals surface area contributed by atoms with Gasteiger partial charge in [-0.25, -0.2) is 4.79 Å². The van der Waals surface area contributed by atoms with Gasteiger partial charge in [0.05, 0.1) is 6.10 Å². The maximum atomic E-state index is 10.7. The van der Waals surface area contributed by atoms with Gasteiger partial charge in [-0.3, -0.25) is 0 Å². The molecule has 0 bridgehead atoms. The fourth-order valence-electron chi connectivity index (χ4n) is 1.63. The van der Waals surface area contributed by atoms with E-state index in [0.29, 0.717) is 6.42 Å². The molecule has 1 fully saturated rings. The van der Waals surface area contributed by atoms with E-state index in [9.17, 15) is 9.90 Å². The third-order valence-electron chi connectivity index (χ3n) is 2.23. The van der Waals surface area contributed by atoms with Gasteiger partial charge in [-0.2, -0.15) is 0 Å². The minimum absolute atomic E-state index is 0.119. The number of fused-ring (bicyclic) bond motifs is 1. The predicted octanol–water partition coefficient (Wildman–Crippen LogP) is 0.383. The van der Waals surface area contributed by atoms with Gasteiger partial charge in [-0.05, 0) is 18.4 Å². The largest absolute Gasteiger partial charge is 0.455 e. The van der Waals surface area contributed by atoms with Gasteiger partial charge in [0.25, 0.3) is 0 Å². The molecule has 1 N–H and O–H groups in total. The highest BCUT2D eigenvalue weighted by Gasteiger charge is 2.31. The van der Waals surface area contributed by atoms with Crippen molar-refractivity contribution < 1.29 is 14.6 Å². The van der Waals surface area contributed by atoms with Crippen LogP contribution in [0.4, 0.5) is 0 Å². The van der Waals surface area contributed by atoms with E-state index in [4.69, 9.17) is 4.74 Å². The standard InChI is InChI=1S/C8H10O3/c9-6-2-1-5-3-8(10)11-7(5)4-6/h3,6-7,9H,1-2,4H2/t6-,7-/m0/s1. The Hall–Kier alpha value is -0.830. The Kier molecular flexibility index (Phi) is 1.46. The number of esters is 1. The normalized spacial score (nSPS) is 36.1. The van der Waals surface area contributed by atoms with Crippen LogP contribution in [0, 0.1) is 0 Å². The van der Waals surface area contributed by atoms with Crippen molar-refractivity contribution in [3.63, 3.8) is 0 Å². The number of hydrogen-bond acceptors (Lipinski definition) is 3. The van der Waals surface area contributed by atoms with Crippen LogP contribution in [0.1, 0.15) is 19.3 Å². The highest BCUT2D eigenvalue weighted by molar-refractivity contribution is 5.85. The number of rotatable bonds is 0. The third-order valence-corrected chi connectivity index (χ3v) is 2.23. The molecule has 1 saturated carbocycles. The first kappa shape index (κ1) is 6.85. The van der Waals surface area contributed by atoms with Crippen LogP contribution in [-0.2, 0) is 9.53 Å². The van der Waals surface area contributed by atoms with Gasteiger partial charge >= 0.3 is 5.97 Å². The number of carbonyl (C=O) groups is 1. The molecule has 0 aromatic carbocycles. The molecule has 2 aliphatic rings. The second kappa shape index (κ2) is 2.34. The molecule has 0 aromatic heterocycles. The first-order valence-electron chi connectivity index (χ1n) is 3.85. The molecule has 0 aromatic rings. The molecule has 3 heteroatoms. The Bertz CT molecular complexity index is 219. The summed E-state index contributed by atoms with van der Waals surface area (Å²) in [5.41, 5.74) is 1.06. The highest BCUT2D eigenvalue weighted by Crippen LogP contribution is 2.30. The zero-order chi connectivity index (χ0) is 7.84. The quantitative estimate of drug-likeness (QED) is 0.513. The summed E-state index contributed by atoms with van der Waals surface area (Å²) in [5.74, 6) is -0.251. The van der Waals surface area contributed by atoms with Crippen molar-refractivity contribution in [3.8, 4) is 0 Å². The van der Waals surface area contributed by atoms with Crippen molar-refractivity contribution >= 4 is 5.97 Å². The SMILES string of the molecule is O=C1C=C2CC[C@H](O)C[C@@H]2O1. The summed E-state index contributed by atoms with van der Waals surface area (Å²) in [6.07, 6.45) is 3.29. The molecule has 2 rings (SSSR count). The summed E-state index contributed by atoms with van der Waals surface area (Å²) in [6, 6.07) is 0. The molecule has 3 nitrogen and oxygen atoms in total. The third kappa shape index (κ3) is 1.16. The van der Waals surface area contributed by atoms with Crippen LogP contribution in [0.15, 0.2) is 11.6 Å². The van der Waals surface area contributed by atoms with Gasteiger partial charge in [-0.15, -0.1) is 0 Å². The minimum Gasteiger partial charge on any atom is -0.455 e. The Morgan fingerprint density at radius 3 is 3.27 bits per heavy atom. The number of carbonyl (C=O) groups excluding carboxylic acids is 1. The second-order valence-electron chi connectivity index (χ2n) is 3.07. The molecule has 1 aliphatic carbocycles. The maximum Gasteiger partial charge on any atom is 0.331 e. The van der Waals surface area contributed by atoms with E-state index in [2.05, 4.69) is 0 Å². The smallest absolute Gasteiger partial charge is 0.331 e. The summed E-state index contributed by atoms with van der Waals surface area (Å²) >= 11 is 0. The van der Waals surface area contributed by atoms with Gasteiger partial charge < -0.3 is 9.84 Å². The maximum absolute atomic E-state index is 10.7.